The van der Waals surface area contributed by atoms with E-state index < -0.39 is 0 Å². The van der Waals surface area contributed by atoms with Crippen LogP contribution in [0.15, 0.2) is 11.8 Å². The molecule has 8 unspecified atom stereocenters. The van der Waals surface area contributed by atoms with Crippen molar-refractivity contribution in [3.63, 3.8) is 0 Å². The van der Waals surface area contributed by atoms with E-state index in [4.69, 9.17) is 4.65 Å². The van der Waals surface area contributed by atoms with Crippen molar-refractivity contribution in [3.8, 4) is 0 Å². The Bertz CT molecular complexity index is 715. The van der Waals surface area contributed by atoms with Crippen LogP contribution in [0.5, 0.6) is 0 Å². The van der Waals surface area contributed by atoms with Gasteiger partial charge in [0, 0.05) is 6.42 Å². The lowest BCUT2D eigenvalue weighted by molar-refractivity contribution is -0.110. The van der Waals surface area contributed by atoms with Crippen LogP contribution in [0.2, 0.25) is 11.6 Å². The Hall–Kier alpha value is -0.395. The summed E-state index contributed by atoms with van der Waals surface area (Å²) in [6, 6.07) is 0. The lowest BCUT2D eigenvalue weighted by Gasteiger charge is -2.65. The zero-order chi connectivity index (χ0) is 23.2. The zero-order valence-electron chi connectivity index (χ0n) is 22.7. The van der Waals surface area contributed by atoms with Gasteiger partial charge in [-0.2, -0.15) is 0 Å². The van der Waals surface area contributed by atoms with Crippen molar-refractivity contribution in [3.05, 3.63) is 11.8 Å². The van der Waals surface area contributed by atoms with Gasteiger partial charge < -0.3 is 4.65 Å². The Kier molecular flexibility index (Phi) is 5.51. The average molecular weight is 439 g/mol. The van der Waals surface area contributed by atoms with E-state index in [1.807, 2.05) is 0 Å². The number of hydrogen-bond donors (Lipinski definition) is 0. The van der Waals surface area contributed by atoms with E-state index in [-0.39, 0.29) is 0 Å². The molecule has 0 amide bonds. The summed E-state index contributed by atoms with van der Waals surface area (Å²) in [5.74, 6) is 8.98. The molecule has 0 saturated heterocycles. The van der Waals surface area contributed by atoms with Gasteiger partial charge in [0.1, 0.15) is 0 Å². The minimum Gasteiger partial charge on any atom is -0.563 e. The Labute approximate surface area is 200 Å². The van der Waals surface area contributed by atoms with Crippen LogP contribution in [0, 0.1) is 57.7 Å². The average Bonchev–Trinajstić information content (AvgIpc) is 2.71. The van der Waals surface area contributed by atoms with Gasteiger partial charge >= 0.3 is 6.92 Å². The smallest absolute Gasteiger partial charge is 0.364 e. The van der Waals surface area contributed by atoms with Crippen molar-refractivity contribution in [2.45, 2.75) is 119 Å². The molecule has 6 fully saturated rings. The molecular formula is C30H51BO. The van der Waals surface area contributed by atoms with Crippen LogP contribution in [0.1, 0.15) is 107 Å². The lowest BCUT2D eigenvalue weighted by Crippen LogP contribution is -2.60. The van der Waals surface area contributed by atoms with Crippen LogP contribution in [-0.2, 0) is 4.65 Å². The Balaban J connectivity index is 1.38. The van der Waals surface area contributed by atoms with Crippen LogP contribution in [0.4, 0.5) is 0 Å². The second-order valence-electron chi connectivity index (χ2n) is 15.3. The quantitative estimate of drug-likeness (QED) is 0.398. The van der Waals surface area contributed by atoms with Gasteiger partial charge in [0.05, 0.1) is 5.76 Å². The Morgan fingerprint density at radius 2 is 1.34 bits per heavy atom. The van der Waals surface area contributed by atoms with E-state index in [0.717, 1.165) is 59.5 Å². The predicted octanol–water partition coefficient (Wildman–Crippen LogP) is 8.87. The molecule has 32 heavy (non-hydrogen) atoms. The van der Waals surface area contributed by atoms with Crippen LogP contribution in [0.25, 0.3) is 0 Å². The molecule has 7 rings (SSSR count). The van der Waals surface area contributed by atoms with Gasteiger partial charge in [-0.05, 0) is 114 Å². The van der Waals surface area contributed by atoms with Gasteiger partial charge in [0.15, 0.2) is 0 Å². The third-order valence-electron chi connectivity index (χ3n) is 12.6. The van der Waals surface area contributed by atoms with Crippen molar-refractivity contribution in [1.29, 1.82) is 0 Å². The fourth-order valence-corrected chi connectivity index (χ4v) is 9.62. The highest BCUT2D eigenvalue weighted by Crippen LogP contribution is 2.69. The highest BCUT2D eigenvalue weighted by atomic mass is 16.4. The van der Waals surface area contributed by atoms with E-state index in [1.165, 1.54) is 44.3 Å². The Morgan fingerprint density at radius 3 is 1.69 bits per heavy atom. The van der Waals surface area contributed by atoms with Crippen LogP contribution >= 0.6 is 0 Å². The summed E-state index contributed by atoms with van der Waals surface area (Å²) in [6.45, 7) is 23.1. The largest absolute Gasteiger partial charge is 0.563 e. The molecule has 7 aliphatic carbocycles. The number of allylic oxidation sites excluding steroid dienone is 2. The topological polar surface area (TPSA) is 9.23 Å². The highest BCUT2D eigenvalue weighted by Gasteiger charge is 2.63. The van der Waals surface area contributed by atoms with Crippen molar-refractivity contribution in [1.82, 2.24) is 0 Å². The lowest BCUT2D eigenvalue weighted by atomic mass is 9.27. The van der Waals surface area contributed by atoms with Gasteiger partial charge in [-0.3, -0.25) is 0 Å². The first-order chi connectivity index (χ1) is 14.8. The maximum Gasteiger partial charge on any atom is 0.364 e. The predicted molar refractivity (Wildman–Crippen MR) is 138 cm³/mol. The van der Waals surface area contributed by atoms with E-state index >= 15 is 0 Å². The number of hydrogen-bond acceptors (Lipinski definition) is 1. The van der Waals surface area contributed by atoms with E-state index in [9.17, 15) is 0 Å². The first-order valence-corrected chi connectivity index (χ1v) is 14.2. The standard InChI is InChI=1S/C30H51BO/c1-18-24-14-21(29(24,6)7)16-26(18)31(27-17-22-15-25(19(27)2)30(22,8)9)32-23-12-10-20(11-13-23)28(3,4)5/h12,18-22,24-27H,10-11,13-17H2,1-9H3/t18?,19?,20-,21?,22?,24?,25?,26?,27?/m1/s1. The molecule has 9 atom stereocenters. The Morgan fingerprint density at radius 1 is 0.844 bits per heavy atom. The maximum atomic E-state index is 7.21. The van der Waals surface area contributed by atoms with Crippen LogP contribution < -0.4 is 0 Å². The zero-order valence-corrected chi connectivity index (χ0v) is 22.7. The van der Waals surface area contributed by atoms with Gasteiger partial charge in [0.2, 0.25) is 0 Å². The monoisotopic (exact) mass is 438 g/mol. The van der Waals surface area contributed by atoms with E-state index in [1.54, 1.807) is 0 Å². The van der Waals surface area contributed by atoms with E-state index in [2.05, 4.69) is 68.4 Å². The molecule has 0 spiro atoms. The number of rotatable bonds is 4. The molecule has 0 N–H and O–H groups in total. The molecule has 0 aliphatic heterocycles. The molecule has 2 heteroatoms. The molecule has 0 aromatic heterocycles. The molecule has 0 heterocycles. The highest BCUT2D eigenvalue weighted by molar-refractivity contribution is 6.56. The summed E-state index contributed by atoms with van der Waals surface area (Å²) >= 11 is 0. The first kappa shape index (κ1) is 23.4. The first-order valence-electron chi connectivity index (χ1n) is 14.2. The van der Waals surface area contributed by atoms with Crippen LogP contribution in [-0.4, -0.2) is 6.92 Å². The van der Waals surface area contributed by atoms with Gasteiger partial charge in [-0.1, -0.05) is 62.3 Å². The molecule has 0 aromatic carbocycles. The third kappa shape index (κ3) is 3.47. The molecule has 7 aliphatic rings. The normalized spacial score (nSPS) is 46.4. The van der Waals surface area contributed by atoms with Crippen molar-refractivity contribution >= 4 is 6.92 Å². The van der Waals surface area contributed by atoms with Crippen molar-refractivity contribution < 1.29 is 4.65 Å². The molecule has 0 radical (unpaired) electrons. The molecule has 6 saturated carbocycles. The second kappa shape index (κ2) is 7.55. The molecular weight excluding hydrogens is 387 g/mol. The summed E-state index contributed by atoms with van der Waals surface area (Å²) in [4.78, 5) is 0. The second-order valence-corrected chi connectivity index (χ2v) is 15.3. The summed E-state index contributed by atoms with van der Waals surface area (Å²) in [6.07, 6.45) is 12.0. The van der Waals surface area contributed by atoms with Crippen LogP contribution in [0.3, 0.4) is 0 Å². The SMILES string of the molecule is CC1C(B(OC2=CC[C@@H](C(C)(C)C)CC2)C2CC3CC(C2C)C3(C)C)CC2CC1C2(C)C. The molecule has 0 aromatic rings. The summed E-state index contributed by atoms with van der Waals surface area (Å²) in [7, 11) is 0. The maximum absolute atomic E-state index is 7.21. The van der Waals surface area contributed by atoms with E-state index in [0.29, 0.717) is 23.2 Å². The fraction of sp³-hybridized carbons (Fsp3) is 0.933. The molecule has 180 valence electrons. The molecule has 4 bridgehead atoms. The van der Waals surface area contributed by atoms with Crippen molar-refractivity contribution in [2.75, 3.05) is 0 Å². The summed E-state index contributed by atoms with van der Waals surface area (Å²) in [5, 5.41) is 0. The van der Waals surface area contributed by atoms with Gasteiger partial charge in [-0.15, -0.1) is 0 Å². The van der Waals surface area contributed by atoms with Gasteiger partial charge in [-0.25, -0.2) is 0 Å². The minimum absolute atomic E-state index is 0.414. The number of fused-ring (bicyclic) bond motifs is 4. The van der Waals surface area contributed by atoms with Gasteiger partial charge in [0.25, 0.3) is 0 Å². The summed E-state index contributed by atoms with van der Waals surface area (Å²) < 4.78 is 7.21. The third-order valence-corrected chi connectivity index (χ3v) is 12.6. The van der Waals surface area contributed by atoms with Crippen molar-refractivity contribution in [2.24, 2.45) is 57.7 Å². The summed E-state index contributed by atoms with van der Waals surface area (Å²) in [5.41, 5.74) is 1.54. The fourth-order valence-electron chi connectivity index (χ4n) is 9.62. The molecule has 1 nitrogen and oxygen atoms in total. The minimum atomic E-state index is 0.414.